The first-order chi connectivity index (χ1) is 10.1. The van der Waals surface area contributed by atoms with Gasteiger partial charge in [-0.25, -0.2) is 0 Å². The minimum atomic E-state index is 0.211. The fraction of sp³-hybridized carbons (Fsp3) is 0.667. The number of nitrogens with one attached hydrogen (secondary N) is 1. The van der Waals surface area contributed by atoms with Gasteiger partial charge in [-0.05, 0) is 50.5 Å². The summed E-state index contributed by atoms with van der Waals surface area (Å²) in [5.74, 6) is 0.974. The van der Waals surface area contributed by atoms with Crippen molar-refractivity contribution in [2.75, 3.05) is 24.6 Å². The Morgan fingerprint density at radius 1 is 1.24 bits per heavy atom. The smallest absolute Gasteiger partial charge is 0.119 e. The van der Waals surface area contributed by atoms with Crippen LogP contribution in [0.1, 0.15) is 47.0 Å². The molecule has 1 aromatic carbocycles. The van der Waals surface area contributed by atoms with Crippen molar-refractivity contribution in [2.45, 2.75) is 58.5 Å². The molecule has 2 rings (SSSR count). The highest BCUT2D eigenvalue weighted by atomic mass is 16.5. The van der Waals surface area contributed by atoms with E-state index in [0.29, 0.717) is 6.04 Å². The molecule has 1 aromatic rings. The van der Waals surface area contributed by atoms with Gasteiger partial charge in [0.25, 0.3) is 0 Å². The number of rotatable bonds is 6. The minimum absolute atomic E-state index is 0.211. The van der Waals surface area contributed by atoms with E-state index in [1.54, 1.807) is 0 Å². The number of nitrogens with zero attached hydrogens (tertiary/aromatic N) is 1. The molecular formula is C18H30N2O. The maximum atomic E-state index is 5.68. The van der Waals surface area contributed by atoms with Crippen LogP contribution in [0.3, 0.4) is 0 Å². The Bertz CT molecular complexity index is 431. The van der Waals surface area contributed by atoms with Gasteiger partial charge in [0.15, 0.2) is 0 Å². The van der Waals surface area contributed by atoms with Crippen molar-refractivity contribution in [1.82, 2.24) is 5.32 Å². The first-order valence-corrected chi connectivity index (χ1v) is 8.36. The second-order valence-corrected chi connectivity index (χ2v) is 6.33. The summed E-state index contributed by atoms with van der Waals surface area (Å²) in [4.78, 5) is 2.56. The second-order valence-electron chi connectivity index (χ2n) is 6.33. The lowest BCUT2D eigenvalue weighted by molar-refractivity contribution is 0.276. The first kappa shape index (κ1) is 16.2. The number of ether oxygens (including phenoxy) is 1. The molecule has 0 saturated carbocycles. The van der Waals surface area contributed by atoms with Crippen LogP contribution < -0.4 is 15.0 Å². The highest BCUT2D eigenvalue weighted by Crippen LogP contribution is 2.28. The van der Waals surface area contributed by atoms with Crippen molar-refractivity contribution in [3.63, 3.8) is 0 Å². The summed E-state index contributed by atoms with van der Waals surface area (Å²) in [5.41, 5.74) is 1.52. The second kappa shape index (κ2) is 7.17. The van der Waals surface area contributed by atoms with Crippen LogP contribution >= 0.6 is 0 Å². The Morgan fingerprint density at radius 3 is 2.52 bits per heavy atom. The van der Waals surface area contributed by atoms with Crippen LogP contribution in [0.5, 0.6) is 5.75 Å². The van der Waals surface area contributed by atoms with E-state index in [1.165, 1.54) is 12.1 Å². The summed E-state index contributed by atoms with van der Waals surface area (Å²) < 4.78 is 5.68. The van der Waals surface area contributed by atoms with E-state index in [1.807, 2.05) is 0 Å². The summed E-state index contributed by atoms with van der Waals surface area (Å²) in [6.07, 6.45) is 3.37. The van der Waals surface area contributed by atoms with Gasteiger partial charge in [-0.3, -0.25) is 0 Å². The Morgan fingerprint density at radius 2 is 1.95 bits per heavy atom. The number of hydrogen-bond donors (Lipinski definition) is 1. The zero-order chi connectivity index (χ0) is 15.3. The van der Waals surface area contributed by atoms with Crippen molar-refractivity contribution in [3.8, 4) is 5.75 Å². The van der Waals surface area contributed by atoms with Gasteiger partial charge in [-0.2, -0.15) is 0 Å². The van der Waals surface area contributed by atoms with Crippen LogP contribution in [-0.2, 0) is 0 Å². The molecule has 0 amide bonds. The van der Waals surface area contributed by atoms with Crippen molar-refractivity contribution in [3.05, 3.63) is 24.3 Å². The molecule has 2 unspecified atom stereocenters. The van der Waals surface area contributed by atoms with Crippen molar-refractivity contribution in [2.24, 2.45) is 0 Å². The molecule has 3 heteroatoms. The van der Waals surface area contributed by atoms with Gasteiger partial charge >= 0.3 is 0 Å². The molecule has 0 spiro atoms. The van der Waals surface area contributed by atoms with Gasteiger partial charge in [-0.15, -0.1) is 0 Å². The zero-order valence-corrected chi connectivity index (χ0v) is 14.0. The molecule has 118 valence electrons. The Hall–Kier alpha value is -1.22. The lowest BCUT2D eigenvalue weighted by Crippen LogP contribution is -2.62. The molecule has 0 aliphatic carbocycles. The molecule has 1 heterocycles. The topological polar surface area (TPSA) is 24.5 Å². The SMILES string of the molecule is CCCOc1ccc(N2CC(C)(CC)NCC2CC)cc1. The molecule has 21 heavy (non-hydrogen) atoms. The number of benzene rings is 1. The molecule has 2 atom stereocenters. The van der Waals surface area contributed by atoms with E-state index < -0.39 is 0 Å². The third-order valence-corrected chi connectivity index (χ3v) is 4.62. The molecule has 3 nitrogen and oxygen atoms in total. The van der Waals surface area contributed by atoms with Crippen LogP contribution in [0.4, 0.5) is 5.69 Å². The summed E-state index contributed by atoms with van der Waals surface area (Å²) in [7, 11) is 0. The highest BCUT2D eigenvalue weighted by molar-refractivity contribution is 5.51. The molecule has 0 aromatic heterocycles. The van der Waals surface area contributed by atoms with Crippen LogP contribution in [0.2, 0.25) is 0 Å². The molecule has 1 N–H and O–H groups in total. The monoisotopic (exact) mass is 290 g/mol. The Labute approximate surface area is 129 Å². The maximum Gasteiger partial charge on any atom is 0.119 e. The molecule has 0 radical (unpaired) electrons. The van der Waals surface area contributed by atoms with Gasteiger partial charge in [-0.1, -0.05) is 20.8 Å². The van der Waals surface area contributed by atoms with E-state index in [9.17, 15) is 0 Å². The standard InChI is InChI=1S/C18H30N2O/c1-5-12-21-17-10-8-16(9-11-17)20-14-18(4,7-3)19-13-15(20)6-2/h8-11,15,19H,5-7,12-14H2,1-4H3. The molecular weight excluding hydrogens is 260 g/mol. The predicted octanol–water partition coefficient (Wildman–Crippen LogP) is 3.83. The van der Waals surface area contributed by atoms with E-state index in [0.717, 1.165) is 38.3 Å². The van der Waals surface area contributed by atoms with Gasteiger partial charge in [0.2, 0.25) is 0 Å². The zero-order valence-electron chi connectivity index (χ0n) is 14.0. The average Bonchev–Trinajstić information content (AvgIpc) is 2.53. The lowest BCUT2D eigenvalue weighted by Gasteiger charge is -2.47. The van der Waals surface area contributed by atoms with Crippen molar-refractivity contribution < 1.29 is 4.74 Å². The minimum Gasteiger partial charge on any atom is -0.494 e. The molecule has 1 saturated heterocycles. The average molecular weight is 290 g/mol. The van der Waals surface area contributed by atoms with Gasteiger partial charge < -0.3 is 15.0 Å². The Kier molecular flexibility index (Phi) is 5.51. The normalized spacial score (nSPS) is 25.9. The number of hydrogen-bond acceptors (Lipinski definition) is 3. The number of piperazine rings is 1. The lowest BCUT2D eigenvalue weighted by atomic mass is 9.92. The van der Waals surface area contributed by atoms with Crippen LogP contribution in [0, 0.1) is 0 Å². The van der Waals surface area contributed by atoms with Crippen molar-refractivity contribution >= 4 is 5.69 Å². The highest BCUT2D eigenvalue weighted by Gasteiger charge is 2.33. The third-order valence-electron chi connectivity index (χ3n) is 4.62. The fourth-order valence-corrected chi connectivity index (χ4v) is 2.89. The summed E-state index contributed by atoms with van der Waals surface area (Å²) in [6, 6.07) is 9.18. The van der Waals surface area contributed by atoms with Crippen LogP contribution in [0.15, 0.2) is 24.3 Å². The quantitative estimate of drug-likeness (QED) is 0.861. The summed E-state index contributed by atoms with van der Waals surface area (Å²) in [6.45, 7) is 11.9. The molecule has 1 aliphatic heterocycles. The molecule has 1 aliphatic rings. The van der Waals surface area contributed by atoms with Gasteiger partial charge in [0, 0.05) is 30.4 Å². The maximum absolute atomic E-state index is 5.68. The van der Waals surface area contributed by atoms with E-state index in [-0.39, 0.29) is 5.54 Å². The van der Waals surface area contributed by atoms with E-state index in [4.69, 9.17) is 4.74 Å². The number of anilines is 1. The fourth-order valence-electron chi connectivity index (χ4n) is 2.89. The van der Waals surface area contributed by atoms with Gasteiger partial charge in [0.05, 0.1) is 6.61 Å². The van der Waals surface area contributed by atoms with E-state index in [2.05, 4.69) is 62.2 Å². The molecule has 0 bridgehead atoms. The predicted molar refractivity (Wildman–Crippen MR) is 90.4 cm³/mol. The van der Waals surface area contributed by atoms with Crippen molar-refractivity contribution in [1.29, 1.82) is 0 Å². The van der Waals surface area contributed by atoms with Crippen LogP contribution in [-0.4, -0.2) is 31.3 Å². The first-order valence-electron chi connectivity index (χ1n) is 8.36. The third kappa shape index (κ3) is 3.91. The largest absolute Gasteiger partial charge is 0.494 e. The van der Waals surface area contributed by atoms with Gasteiger partial charge in [0.1, 0.15) is 5.75 Å². The summed E-state index contributed by atoms with van der Waals surface area (Å²) in [5, 5.41) is 3.72. The Balaban J connectivity index is 2.12. The van der Waals surface area contributed by atoms with E-state index >= 15 is 0 Å². The summed E-state index contributed by atoms with van der Waals surface area (Å²) >= 11 is 0. The van der Waals surface area contributed by atoms with Crippen LogP contribution in [0.25, 0.3) is 0 Å². The molecule has 1 fully saturated rings.